The maximum Gasteiger partial charge on any atom is 0.251 e. The molecule has 0 unspecified atom stereocenters. The molecule has 12 aromatic rings. The van der Waals surface area contributed by atoms with Crippen molar-refractivity contribution in [2.75, 3.05) is 47.4 Å². The Bertz CT molecular complexity index is 6440. The number of aliphatic hydroxyl groups is 2. The number of amides is 1. The molecular formula is C103H106N6O17S. The largest absolute Gasteiger partial charge is 0.454 e. The number of benzene rings is 8. The van der Waals surface area contributed by atoms with E-state index in [0.717, 1.165) is 164 Å². The number of hydrogen-bond donors (Lipinski definition) is 4. The number of ether oxygens (including phenoxy) is 8. The Kier molecular flexibility index (Phi) is 23.9. The molecule has 656 valence electrons. The number of nitrogens with one attached hydrogen (secondary N) is 2. The predicted molar refractivity (Wildman–Crippen MR) is 486 cm³/mol. The topological polar surface area (TPSA) is 309 Å². The lowest BCUT2D eigenvalue weighted by molar-refractivity contribution is -0.121. The molecule has 4 fully saturated rings. The van der Waals surface area contributed by atoms with Crippen LogP contribution in [0, 0.1) is 34.6 Å². The molecule has 24 heteroatoms. The smallest absolute Gasteiger partial charge is 0.251 e. The number of carbonyl (C=O) groups excluding carboxylic acids is 5. The molecule has 4 saturated carbocycles. The van der Waals surface area contributed by atoms with Crippen LogP contribution in [0.25, 0.3) is 44.6 Å². The van der Waals surface area contributed by atoms with Crippen molar-refractivity contribution in [1.29, 1.82) is 0 Å². The fourth-order valence-electron chi connectivity index (χ4n) is 17.1. The molecule has 0 bridgehead atoms. The van der Waals surface area contributed by atoms with E-state index in [9.17, 15) is 42.6 Å². The Labute approximate surface area is 743 Å². The quantitative estimate of drug-likeness (QED) is 0.0391. The number of aromatic nitrogens is 4. The normalized spacial score (nSPS) is 15.8. The number of sulfonamides is 1. The van der Waals surface area contributed by atoms with E-state index in [1.165, 1.54) is 35.7 Å². The summed E-state index contributed by atoms with van der Waals surface area (Å²) in [6.07, 6.45) is 11.6. The number of nitrogens with zero attached hydrogens (tertiary/aromatic N) is 4. The van der Waals surface area contributed by atoms with Gasteiger partial charge in [0.05, 0.1) is 62.4 Å². The Morgan fingerprint density at radius 2 is 0.827 bits per heavy atom. The first-order valence-corrected chi connectivity index (χ1v) is 44.2. The molecule has 8 aliphatic rings. The lowest BCUT2D eigenvalue weighted by Gasteiger charge is -2.25. The summed E-state index contributed by atoms with van der Waals surface area (Å²) in [5, 5.41) is 21.4. The molecular weight excluding hydrogens is 1630 g/mol. The van der Waals surface area contributed by atoms with E-state index in [1.807, 2.05) is 154 Å². The van der Waals surface area contributed by atoms with Crippen molar-refractivity contribution >= 4 is 39.1 Å². The van der Waals surface area contributed by atoms with E-state index in [2.05, 4.69) is 87.4 Å². The van der Waals surface area contributed by atoms with Gasteiger partial charge in [-0.05, 0) is 252 Å². The number of aryl methyl sites for hydroxylation is 5. The molecule has 0 saturated heterocycles. The first kappa shape index (κ1) is 85.9. The van der Waals surface area contributed by atoms with Crippen molar-refractivity contribution in [3.05, 3.63) is 303 Å². The first-order valence-electron chi connectivity index (χ1n) is 42.7. The van der Waals surface area contributed by atoms with Gasteiger partial charge < -0.3 is 53.4 Å². The second kappa shape index (κ2) is 35.3. The number of rotatable bonds is 26. The van der Waals surface area contributed by atoms with E-state index in [4.69, 9.17) is 42.9 Å². The van der Waals surface area contributed by atoms with Gasteiger partial charge in [0.2, 0.25) is 37.2 Å². The monoisotopic (exact) mass is 1730 g/mol. The van der Waals surface area contributed by atoms with Crippen LogP contribution >= 0.6 is 0 Å². The Morgan fingerprint density at radius 3 is 1.27 bits per heavy atom. The molecule has 8 aromatic carbocycles. The average Bonchev–Trinajstić information content (AvgIpc) is 1.61. The minimum absolute atomic E-state index is 0. The first-order chi connectivity index (χ1) is 61.3. The van der Waals surface area contributed by atoms with E-state index in [0.29, 0.717) is 59.0 Å². The summed E-state index contributed by atoms with van der Waals surface area (Å²) >= 11 is 0. The molecule has 20 rings (SSSR count). The molecule has 1 amide bonds. The zero-order chi connectivity index (χ0) is 88.6. The molecule has 0 radical (unpaired) electrons. The second-order valence-corrected chi connectivity index (χ2v) is 36.0. The number of hydrogen-bond acceptors (Lipinski definition) is 21. The van der Waals surface area contributed by atoms with Crippen LogP contribution in [0.2, 0.25) is 0 Å². The maximum atomic E-state index is 13.3. The number of ketones is 4. The lowest BCUT2D eigenvalue weighted by Crippen LogP contribution is -2.51. The van der Waals surface area contributed by atoms with E-state index in [-0.39, 0.29) is 73.2 Å². The minimum atomic E-state index is -3.96. The van der Waals surface area contributed by atoms with Crippen LogP contribution in [0.5, 0.6) is 46.0 Å². The molecule has 8 heterocycles. The van der Waals surface area contributed by atoms with Crippen LogP contribution in [0.15, 0.2) is 230 Å². The van der Waals surface area contributed by atoms with Gasteiger partial charge in [-0.15, -0.1) is 0 Å². The summed E-state index contributed by atoms with van der Waals surface area (Å²) in [6, 6.07) is 67.2. The number of aliphatic hydroxyl groups excluding tert-OH is 2. The van der Waals surface area contributed by atoms with Gasteiger partial charge >= 0.3 is 0 Å². The van der Waals surface area contributed by atoms with Crippen molar-refractivity contribution in [2.24, 2.45) is 0 Å². The Morgan fingerprint density at radius 1 is 0.402 bits per heavy atom. The van der Waals surface area contributed by atoms with Gasteiger partial charge in [-0.2, -0.15) is 0 Å². The van der Waals surface area contributed by atoms with E-state index in [1.54, 1.807) is 37.5 Å². The maximum absolute atomic E-state index is 13.3. The number of Topliss-reactive ketones (excluding diaryl/α,β-unsaturated/α-hetero) is 4. The second-order valence-electron chi connectivity index (χ2n) is 34.3. The molecule has 4 aromatic heterocycles. The average molecular weight is 1730 g/mol. The lowest BCUT2D eigenvalue weighted by atomic mass is 9.88. The highest BCUT2D eigenvalue weighted by atomic mass is 32.2. The Balaban J connectivity index is 0.000000148. The van der Waals surface area contributed by atoms with Gasteiger partial charge in [0, 0.05) is 95.7 Å². The highest BCUT2D eigenvalue weighted by molar-refractivity contribution is 7.89. The van der Waals surface area contributed by atoms with E-state index >= 15 is 0 Å². The van der Waals surface area contributed by atoms with Crippen molar-refractivity contribution in [3.8, 4) is 90.6 Å². The number of fused-ring (bicyclic) bond motifs is 4. The Hall–Kier alpha value is -13.3. The third-order valence-electron chi connectivity index (χ3n) is 25.5. The fourth-order valence-corrected chi connectivity index (χ4v) is 18.4. The highest BCUT2D eigenvalue weighted by Gasteiger charge is 2.54. The standard InChI is InChI=1S/C27H28N2O7S.C26H24N2O4.2C25H23NO3.4H2/c1-26(15-30,16-31)29-37(33,34)21-8-5-18(6-9-21)22-4-2-3-20(28-22)14-25(32)27(11-12-27)19-7-10-23-24(13-19)36-17-35-23;1-16-10-19(17-4-3-5-18(11-17)25(30)27-2)14-28-21(16)13-24(29)26(8-9-26)20-6-7-22-23(12-20)32-15-31-22;1-16-3-5-18(6-4-16)21-9-8-20(26-17(21)2)14-24(27)25(11-12-25)19-7-10-22-23(13-19)29-15-28-22;1-16-5-3-4-6-20(16)18-11-17(2)21(26-14-18)13-24(27)25(9-10-25)19-7-8-22-23(12-19)29-15-28-22;;;;/h2-10,13,29-31H,11-12,14-17H2,1H3;3-7,10-12,14H,8-9,13,15H2,1-2H3,(H,27,30);3-10,13H,11-12,14-15H2,1-2H3;3-8,11-12,14H,9-10,13,15H2,1-2H3;4*1H. The molecule has 4 aliphatic carbocycles. The van der Waals surface area contributed by atoms with Crippen LogP contribution in [-0.4, -0.2) is 121 Å². The van der Waals surface area contributed by atoms with Gasteiger partial charge in [-0.25, -0.2) is 13.1 Å². The van der Waals surface area contributed by atoms with Gasteiger partial charge in [0.25, 0.3) is 5.91 Å². The molecule has 4 aliphatic heterocycles. The van der Waals surface area contributed by atoms with Gasteiger partial charge in [0.15, 0.2) is 46.0 Å². The highest BCUT2D eigenvalue weighted by Crippen LogP contribution is 2.56. The SMILES string of the molecule is CC(CO)(CO)NS(=O)(=O)c1ccc(-c2cccc(CC(=O)C3(c4ccc5c(c4)OCO5)CC3)n2)cc1.CNC(=O)c1cccc(-c2cnc(CC(=O)C3(c4ccc5c(c4)OCO5)CC3)c(C)c2)c1.Cc1ccc(-c2ccc(CC(=O)C3(c4ccc5c(c4)OCO5)CC3)nc2C)cc1.Cc1ccccc1-c1cnc(CC(=O)C2(c3ccc4c(c3)OCO4)CC2)c(C)c1.[HH].[HH].[HH].[HH]. The zero-order valence-electron chi connectivity index (χ0n) is 71.8. The van der Waals surface area contributed by atoms with Crippen molar-refractivity contribution in [2.45, 2.75) is 151 Å². The van der Waals surface area contributed by atoms with Crippen LogP contribution in [-0.2, 0) is 76.5 Å². The summed E-state index contributed by atoms with van der Waals surface area (Å²) in [5.41, 5.74) is 17.6. The van der Waals surface area contributed by atoms with E-state index < -0.39 is 50.4 Å². The molecule has 127 heavy (non-hydrogen) atoms. The summed E-state index contributed by atoms with van der Waals surface area (Å²) in [4.78, 5) is 83.7. The summed E-state index contributed by atoms with van der Waals surface area (Å²) < 4.78 is 71.2. The van der Waals surface area contributed by atoms with Gasteiger partial charge in [-0.1, -0.05) is 115 Å². The fraction of sp³-hybridized carbons (Fsp3) is 0.291. The number of carbonyl (C=O) groups is 5. The van der Waals surface area contributed by atoms with Crippen LogP contribution < -0.4 is 47.9 Å². The molecule has 0 atom stereocenters. The number of pyridine rings is 4. The third-order valence-corrected chi connectivity index (χ3v) is 27.2. The minimum Gasteiger partial charge on any atom is -0.454 e. The molecule has 4 N–H and O–H groups in total. The van der Waals surface area contributed by atoms with Crippen LogP contribution in [0.1, 0.15) is 147 Å². The zero-order valence-corrected chi connectivity index (χ0v) is 72.6. The summed E-state index contributed by atoms with van der Waals surface area (Å²) in [7, 11) is -2.34. The van der Waals surface area contributed by atoms with Gasteiger partial charge in [-0.3, -0.25) is 43.9 Å². The summed E-state index contributed by atoms with van der Waals surface area (Å²) in [6.45, 7) is 11.4. The summed E-state index contributed by atoms with van der Waals surface area (Å²) in [5.74, 6) is 6.37. The molecule has 0 spiro atoms. The third kappa shape index (κ3) is 18.1. The molecule has 23 nitrogen and oxygen atoms in total. The van der Waals surface area contributed by atoms with Gasteiger partial charge in [0.1, 0.15) is 23.1 Å². The van der Waals surface area contributed by atoms with Crippen molar-refractivity contribution in [3.63, 3.8) is 0 Å². The van der Waals surface area contributed by atoms with Crippen molar-refractivity contribution in [1.82, 2.24) is 30.0 Å². The van der Waals surface area contributed by atoms with Crippen molar-refractivity contribution < 1.29 is 86.2 Å². The predicted octanol–water partition coefficient (Wildman–Crippen LogP) is 17.2. The van der Waals surface area contributed by atoms with Crippen LogP contribution in [0.3, 0.4) is 0 Å². The van der Waals surface area contributed by atoms with Crippen LogP contribution in [0.4, 0.5) is 0 Å².